The van der Waals surface area contributed by atoms with Gasteiger partial charge in [-0.1, -0.05) is 6.92 Å². The minimum Gasteiger partial charge on any atom is -0.387 e. The van der Waals surface area contributed by atoms with Crippen LogP contribution < -0.4 is 4.90 Å². The van der Waals surface area contributed by atoms with Crippen molar-refractivity contribution in [2.24, 2.45) is 0 Å². The van der Waals surface area contributed by atoms with Crippen molar-refractivity contribution in [3.8, 4) is 0 Å². The van der Waals surface area contributed by atoms with Gasteiger partial charge < -0.3 is 10.0 Å². The third kappa shape index (κ3) is 1.73. The van der Waals surface area contributed by atoms with Gasteiger partial charge in [-0.15, -0.1) is 0 Å². The fraction of sp³-hybridized carbons (Fsp3) is 0.545. The lowest BCUT2D eigenvalue weighted by Gasteiger charge is -2.32. The predicted molar refractivity (Wildman–Crippen MR) is 56.3 cm³/mol. The number of nitrogens with zero attached hydrogens (tertiary/aromatic N) is 2. The molecule has 1 aromatic heterocycles. The van der Waals surface area contributed by atoms with Gasteiger partial charge >= 0.3 is 0 Å². The molecule has 2 rings (SSSR count). The van der Waals surface area contributed by atoms with Crippen molar-refractivity contribution in [3.63, 3.8) is 0 Å². The summed E-state index contributed by atoms with van der Waals surface area (Å²) in [6.45, 7) is 4.23. The lowest BCUT2D eigenvalue weighted by atomic mass is 10.1. The summed E-state index contributed by atoms with van der Waals surface area (Å²) in [5.41, 5.74) is 1.94. The molecule has 1 aliphatic rings. The highest BCUT2D eigenvalue weighted by atomic mass is 16.3. The lowest BCUT2D eigenvalue weighted by Crippen LogP contribution is -2.37. The number of pyridine rings is 1. The molecule has 0 unspecified atom stereocenters. The summed E-state index contributed by atoms with van der Waals surface area (Å²) in [4.78, 5) is 6.55. The molecule has 3 nitrogen and oxygen atoms in total. The molecule has 2 heterocycles. The molecular weight excluding hydrogens is 176 g/mol. The van der Waals surface area contributed by atoms with E-state index in [1.54, 1.807) is 0 Å². The van der Waals surface area contributed by atoms with Crippen LogP contribution in [0.15, 0.2) is 18.3 Å². The van der Waals surface area contributed by atoms with Crippen LogP contribution in [0, 0.1) is 0 Å². The summed E-state index contributed by atoms with van der Waals surface area (Å²) < 4.78 is 0. The van der Waals surface area contributed by atoms with Gasteiger partial charge in [0.15, 0.2) is 0 Å². The molecule has 0 spiro atoms. The number of hydrogen-bond acceptors (Lipinski definition) is 3. The summed E-state index contributed by atoms with van der Waals surface area (Å²) >= 11 is 0. The SMILES string of the molecule is CC[C@@H](O)c1ccc(N2CCC2)cn1. The van der Waals surface area contributed by atoms with E-state index in [1.807, 2.05) is 25.3 Å². The van der Waals surface area contributed by atoms with Crippen LogP contribution in [0.25, 0.3) is 0 Å². The first-order valence-corrected chi connectivity index (χ1v) is 5.20. The van der Waals surface area contributed by atoms with Crippen LogP contribution in [0.5, 0.6) is 0 Å². The van der Waals surface area contributed by atoms with Crippen molar-refractivity contribution >= 4 is 5.69 Å². The fourth-order valence-corrected chi connectivity index (χ4v) is 1.57. The van der Waals surface area contributed by atoms with E-state index in [9.17, 15) is 5.11 Å². The molecule has 1 atom stereocenters. The van der Waals surface area contributed by atoms with Crippen LogP contribution in [0.1, 0.15) is 31.6 Å². The van der Waals surface area contributed by atoms with Crippen molar-refractivity contribution in [1.29, 1.82) is 0 Å². The monoisotopic (exact) mass is 192 g/mol. The third-order valence-electron chi connectivity index (χ3n) is 2.72. The van der Waals surface area contributed by atoms with Gasteiger partial charge in [-0.05, 0) is 25.0 Å². The number of aliphatic hydroxyl groups excluding tert-OH is 1. The van der Waals surface area contributed by atoms with E-state index in [4.69, 9.17) is 0 Å². The molecule has 1 aromatic rings. The van der Waals surface area contributed by atoms with Crippen molar-refractivity contribution in [1.82, 2.24) is 4.98 Å². The highest BCUT2D eigenvalue weighted by Crippen LogP contribution is 2.21. The van der Waals surface area contributed by atoms with E-state index in [0.717, 1.165) is 25.2 Å². The summed E-state index contributed by atoms with van der Waals surface area (Å²) in [7, 11) is 0. The molecule has 0 aliphatic carbocycles. The topological polar surface area (TPSA) is 36.4 Å². The second-order valence-corrected chi connectivity index (χ2v) is 3.71. The van der Waals surface area contributed by atoms with Gasteiger partial charge in [0.1, 0.15) is 0 Å². The molecule has 0 saturated carbocycles. The Morgan fingerprint density at radius 3 is 2.71 bits per heavy atom. The van der Waals surface area contributed by atoms with Gasteiger partial charge in [-0.3, -0.25) is 4.98 Å². The fourth-order valence-electron chi connectivity index (χ4n) is 1.57. The largest absolute Gasteiger partial charge is 0.387 e. The molecule has 1 aliphatic heterocycles. The van der Waals surface area contributed by atoms with Crippen LogP contribution in [-0.2, 0) is 0 Å². The Labute approximate surface area is 84.4 Å². The van der Waals surface area contributed by atoms with E-state index in [1.165, 1.54) is 12.1 Å². The summed E-state index contributed by atoms with van der Waals surface area (Å²) in [5, 5.41) is 9.55. The zero-order valence-corrected chi connectivity index (χ0v) is 8.48. The van der Waals surface area contributed by atoms with E-state index < -0.39 is 6.10 Å². The normalized spacial score (nSPS) is 17.7. The Hall–Kier alpha value is -1.09. The average Bonchev–Trinajstić information content (AvgIpc) is 2.15. The zero-order valence-electron chi connectivity index (χ0n) is 8.48. The molecule has 0 aromatic carbocycles. The Bertz CT molecular complexity index is 269. The van der Waals surface area contributed by atoms with Gasteiger partial charge in [0, 0.05) is 13.1 Å². The minimum absolute atomic E-state index is 0.416. The maximum atomic E-state index is 9.55. The maximum absolute atomic E-state index is 9.55. The summed E-state index contributed by atoms with van der Waals surface area (Å²) in [5.74, 6) is 0. The zero-order chi connectivity index (χ0) is 9.97. The van der Waals surface area contributed by atoms with Crippen LogP contribution in [-0.4, -0.2) is 23.2 Å². The Morgan fingerprint density at radius 1 is 1.50 bits per heavy atom. The Kier molecular flexibility index (Phi) is 2.68. The van der Waals surface area contributed by atoms with Gasteiger partial charge in [0.25, 0.3) is 0 Å². The molecule has 14 heavy (non-hydrogen) atoms. The molecule has 0 amide bonds. The Balaban J connectivity index is 2.09. The second-order valence-electron chi connectivity index (χ2n) is 3.71. The van der Waals surface area contributed by atoms with E-state index in [0.29, 0.717) is 0 Å². The minimum atomic E-state index is -0.416. The van der Waals surface area contributed by atoms with Crippen LogP contribution >= 0.6 is 0 Å². The van der Waals surface area contributed by atoms with Gasteiger partial charge in [-0.25, -0.2) is 0 Å². The van der Waals surface area contributed by atoms with Crippen LogP contribution in [0.3, 0.4) is 0 Å². The molecule has 3 heteroatoms. The van der Waals surface area contributed by atoms with Gasteiger partial charge in [0.2, 0.25) is 0 Å². The number of hydrogen-bond donors (Lipinski definition) is 1. The summed E-state index contributed by atoms with van der Waals surface area (Å²) in [6, 6.07) is 3.96. The standard InChI is InChI=1S/C11H16N2O/c1-2-11(14)10-5-4-9(8-12-10)13-6-3-7-13/h4-5,8,11,14H,2-3,6-7H2,1H3/t11-/m1/s1. The van der Waals surface area contributed by atoms with Crippen LogP contribution in [0.4, 0.5) is 5.69 Å². The maximum Gasteiger partial charge on any atom is 0.0957 e. The third-order valence-corrected chi connectivity index (χ3v) is 2.72. The average molecular weight is 192 g/mol. The van der Waals surface area contributed by atoms with Crippen molar-refractivity contribution in [2.45, 2.75) is 25.9 Å². The Morgan fingerprint density at radius 2 is 2.29 bits per heavy atom. The highest BCUT2D eigenvalue weighted by molar-refractivity contribution is 5.46. The highest BCUT2D eigenvalue weighted by Gasteiger charge is 2.15. The first-order valence-electron chi connectivity index (χ1n) is 5.20. The first kappa shape index (κ1) is 9.46. The molecule has 0 bridgehead atoms. The van der Waals surface area contributed by atoms with Gasteiger partial charge in [-0.2, -0.15) is 0 Å². The molecule has 1 saturated heterocycles. The number of aliphatic hydroxyl groups is 1. The molecular formula is C11H16N2O. The van der Waals surface area contributed by atoms with Gasteiger partial charge in [0.05, 0.1) is 23.7 Å². The smallest absolute Gasteiger partial charge is 0.0957 e. The van der Waals surface area contributed by atoms with Crippen molar-refractivity contribution < 1.29 is 5.11 Å². The van der Waals surface area contributed by atoms with E-state index >= 15 is 0 Å². The van der Waals surface area contributed by atoms with E-state index in [2.05, 4.69) is 9.88 Å². The molecule has 0 radical (unpaired) electrons. The quantitative estimate of drug-likeness (QED) is 0.792. The second kappa shape index (κ2) is 3.96. The number of anilines is 1. The first-order chi connectivity index (χ1) is 6.81. The molecule has 76 valence electrons. The lowest BCUT2D eigenvalue weighted by molar-refractivity contribution is 0.169. The predicted octanol–water partition coefficient (Wildman–Crippen LogP) is 1.74. The van der Waals surface area contributed by atoms with Crippen molar-refractivity contribution in [3.05, 3.63) is 24.0 Å². The van der Waals surface area contributed by atoms with Crippen molar-refractivity contribution in [2.75, 3.05) is 18.0 Å². The van der Waals surface area contributed by atoms with Crippen LogP contribution in [0.2, 0.25) is 0 Å². The van der Waals surface area contributed by atoms with E-state index in [-0.39, 0.29) is 0 Å². The molecule has 1 fully saturated rings. The summed E-state index contributed by atoms with van der Waals surface area (Å²) in [6.07, 6.45) is 3.43. The number of rotatable bonds is 3. The molecule has 1 N–H and O–H groups in total. The number of aromatic nitrogens is 1.